The predicted octanol–water partition coefficient (Wildman–Crippen LogP) is 2.18. The molecule has 0 saturated carbocycles. The minimum Gasteiger partial charge on any atom is -0.334 e. The smallest absolute Gasteiger partial charge is 0.274 e. The van der Waals surface area contributed by atoms with E-state index < -0.39 is 0 Å². The zero-order valence-electron chi connectivity index (χ0n) is 13.3. The molecule has 120 valence electrons. The van der Waals surface area contributed by atoms with E-state index in [1.807, 2.05) is 47.5 Å². The minimum absolute atomic E-state index is 0.0601. The Labute approximate surface area is 136 Å². The Morgan fingerprint density at radius 1 is 1.04 bits per heavy atom. The monoisotopic (exact) mass is 310 g/mol. The summed E-state index contributed by atoms with van der Waals surface area (Å²) in [6, 6.07) is 12.3. The van der Waals surface area contributed by atoms with E-state index >= 15 is 0 Å². The second-order valence-corrected chi connectivity index (χ2v) is 6.42. The summed E-state index contributed by atoms with van der Waals surface area (Å²) in [6.07, 6.45) is 5.65. The summed E-state index contributed by atoms with van der Waals surface area (Å²) in [5.74, 6) is 0.0601. The molecule has 2 saturated heterocycles. The van der Waals surface area contributed by atoms with Crippen LogP contribution in [0.25, 0.3) is 5.69 Å². The van der Waals surface area contributed by atoms with Gasteiger partial charge in [-0.25, -0.2) is 4.68 Å². The molecule has 1 aromatic carbocycles. The van der Waals surface area contributed by atoms with Gasteiger partial charge in [-0.3, -0.25) is 9.69 Å². The third-order valence-corrected chi connectivity index (χ3v) is 4.95. The molecule has 0 spiro atoms. The summed E-state index contributed by atoms with van der Waals surface area (Å²) in [5, 5.41) is 4.47. The number of carbonyl (C=O) groups excluding carboxylic acids is 1. The molecule has 0 radical (unpaired) electrons. The van der Waals surface area contributed by atoms with E-state index in [0.717, 1.165) is 25.3 Å². The molecule has 2 fully saturated rings. The number of carbonyl (C=O) groups is 1. The van der Waals surface area contributed by atoms with Crippen LogP contribution < -0.4 is 0 Å². The average Bonchev–Trinajstić information content (AvgIpc) is 3.11. The first-order valence-electron chi connectivity index (χ1n) is 8.46. The van der Waals surface area contributed by atoms with Crippen LogP contribution in [-0.4, -0.2) is 57.7 Å². The first-order valence-corrected chi connectivity index (χ1v) is 8.46. The number of hydrogen-bond acceptors (Lipinski definition) is 3. The zero-order chi connectivity index (χ0) is 15.6. The minimum atomic E-state index is 0.0601. The Morgan fingerprint density at radius 2 is 1.91 bits per heavy atom. The number of aromatic nitrogens is 2. The second kappa shape index (κ2) is 6.16. The van der Waals surface area contributed by atoms with E-state index in [0.29, 0.717) is 11.7 Å². The molecule has 0 aliphatic carbocycles. The Balaban J connectivity index is 1.48. The van der Waals surface area contributed by atoms with Gasteiger partial charge < -0.3 is 4.90 Å². The van der Waals surface area contributed by atoms with Crippen molar-refractivity contribution in [3.63, 3.8) is 0 Å². The maximum Gasteiger partial charge on any atom is 0.274 e. The van der Waals surface area contributed by atoms with Crippen LogP contribution in [0.15, 0.2) is 42.6 Å². The third-order valence-electron chi connectivity index (χ3n) is 4.95. The number of amides is 1. The summed E-state index contributed by atoms with van der Waals surface area (Å²) >= 11 is 0. The zero-order valence-corrected chi connectivity index (χ0v) is 13.3. The molecule has 23 heavy (non-hydrogen) atoms. The van der Waals surface area contributed by atoms with Crippen molar-refractivity contribution in [3.8, 4) is 5.69 Å². The van der Waals surface area contributed by atoms with Crippen LogP contribution in [0.5, 0.6) is 0 Å². The Hall–Kier alpha value is -2.14. The Morgan fingerprint density at radius 3 is 2.78 bits per heavy atom. The molecule has 1 aromatic heterocycles. The lowest BCUT2D eigenvalue weighted by Crippen LogP contribution is -2.56. The number of hydrogen-bond donors (Lipinski definition) is 0. The number of piperazine rings is 1. The molecule has 1 atom stereocenters. The quantitative estimate of drug-likeness (QED) is 0.854. The molecule has 1 unspecified atom stereocenters. The summed E-state index contributed by atoms with van der Waals surface area (Å²) < 4.78 is 1.77. The van der Waals surface area contributed by atoms with Gasteiger partial charge in [0.25, 0.3) is 5.91 Å². The fourth-order valence-corrected chi connectivity index (χ4v) is 3.66. The molecule has 0 bridgehead atoms. The highest BCUT2D eigenvalue weighted by atomic mass is 16.2. The summed E-state index contributed by atoms with van der Waals surface area (Å²) in [4.78, 5) is 17.3. The van der Waals surface area contributed by atoms with Gasteiger partial charge in [-0.15, -0.1) is 0 Å². The van der Waals surface area contributed by atoms with Crippen molar-refractivity contribution in [1.29, 1.82) is 0 Å². The normalized spacial score (nSPS) is 21.9. The number of para-hydroxylation sites is 1. The average molecular weight is 310 g/mol. The highest BCUT2D eigenvalue weighted by Crippen LogP contribution is 2.22. The van der Waals surface area contributed by atoms with Crippen LogP contribution in [0, 0.1) is 0 Å². The molecule has 2 aliphatic heterocycles. The van der Waals surface area contributed by atoms with Gasteiger partial charge >= 0.3 is 0 Å². The van der Waals surface area contributed by atoms with E-state index in [4.69, 9.17) is 0 Å². The third kappa shape index (κ3) is 2.88. The van der Waals surface area contributed by atoms with Crippen molar-refractivity contribution in [2.75, 3.05) is 26.2 Å². The molecule has 1 amide bonds. The molecule has 5 nitrogen and oxygen atoms in total. The van der Waals surface area contributed by atoms with Crippen molar-refractivity contribution in [3.05, 3.63) is 48.3 Å². The molecular formula is C18H22N4O. The fourth-order valence-electron chi connectivity index (χ4n) is 3.66. The number of benzene rings is 1. The Kier molecular flexibility index (Phi) is 3.87. The topological polar surface area (TPSA) is 41.4 Å². The number of rotatable bonds is 2. The van der Waals surface area contributed by atoms with E-state index in [2.05, 4.69) is 10.00 Å². The van der Waals surface area contributed by atoms with E-state index in [1.165, 1.54) is 25.8 Å². The maximum atomic E-state index is 12.8. The highest BCUT2D eigenvalue weighted by molar-refractivity contribution is 5.92. The van der Waals surface area contributed by atoms with Crippen LogP contribution in [0.2, 0.25) is 0 Å². The summed E-state index contributed by atoms with van der Waals surface area (Å²) in [5.41, 5.74) is 1.52. The molecule has 5 heteroatoms. The van der Waals surface area contributed by atoms with Crippen LogP contribution in [0.4, 0.5) is 0 Å². The van der Waals surface area contributed by atoms with Crippen molar-refractivity contribution >= 4 is 5.91 Å². The first kappa shape index (κ1) is 14.5. The van der Waals surface area contributed by atoms with E-state index in [-0.39, 0.29) is 5.91 Å². The molecule has 2 aromatic rings. The SMILES string of the molecule is O=C(c1ccn(-c2ccccc2)n1)N1CCN2CCCCC2C1. The van der Waals surface area contributed by atoms with Gasteiger partial charge in [0.2, 0.25) is 0 Å². The standard InChI is InChI=1S/C18H22N4O/c23-18(21-13-12-20-10-5-4-8-16(20)14-21)17-9-11-22(19-17)15-6-2-1-3-7-15/h1-3,6-7,9,11,16H,4-5,8,10,12-14H2. The highest BCUT2D eigenvalue weighted by Gasteiger charge is 2.31. The lowest BCUT2D eigenvalue weighted by molar-refractivity contribution is 0.0368. The first-order chi connectivity index (χ1) is 11.3. The lowest BCUT2D eigenvalue weighted by atomic mass is 9.99. The van der Waals surface area contributed by atoms with Gasteiger partial charge in [0.05, 0.1) is 5.69 Å². The van der Waals surface area contributed by atoms with Crippen LogP contribution in [0.3, 0.4) is 0 Å². The number of piperidine rings is 1. The van der Waals surface area contributed by atoms with Gasteiger partial charge in [-0.2, -0.15) is 5.10 Å². The van der Waals surface area contributed by atoms with Gasteiger partial charge in [-0.05, 0) is 37.6 Å². The molecule has 0 N–H and O–H groups in total. The second-order valence-electron chi connectivity index (χ2n) is 6.42. The Bertz CT molecular complexity index is 681. The number of fused-ring (bicyclic) bond motifs is 1. The lowest BCUT2D eigenvalue weighted by Gasteiger charge is -2.43. The van der Waals surface area contributed by atoms with Crippen molar-refractivity contribution in [2.24, 2.45) is 0 Å². The van der Waals surface area contributed by atoms with Gasteiger partial charge in [0.15, 0.2) is 5.69 Å². The number of nitrogens with zero attached hydrogens (tertiary/aromatic N) is 4. The van der Waals surface area contributed by atoms with Crippen LogP contribution in [-0.2, 0) is 0 Å². The summed E-state index contributed by atoms with van der Waals surface area (Å²) in [7, 11) is 0. The fraction of sp³-hybridized carbons (Fsp3) is 0.444. The van der Waals surface area contributed by atoms with Crippen molar-refractivity contribution < 1.29 is 4.79 Å². The van der Waals surface area contributed by atoms with Crippen LogP contribution >= 0.6 is 0 Å². The van der Waals surface area contributed by atoms with Crippen molar-refractivity contribution in [1.82, 2.24) is 19.6 Å². The molecule has 3 heterocycles. The maximum absolute atomic E-state index is 12.8. The van der Waals surface area contributed by atoms with E-state index in [9.17, 15) is 4.79 Å². The molecule has 4 rings (SSSR count). The van der Waals surface area contributed by atoms with E-state index in [1.54, 1.807) is 4.68 Å². The summed E-state index contributed by atoms with van der Waals surface area (Å²) in [6.45, 7) is 3.84. The molecular weight excluding hydrogens is 288 g/mol. The van der Waals surface area contributed by atoms with Crippen LogP contribution in [0.1, 0.15) is 29.8 Å². The predicted molar refractivity (Wildman–Crippen MR) is 88.7 cm³/mol. The van der Waals surface area contributed by atoms with Gasteiger partial charge in [-0.1, -0.05) is 24.6 Å². The largest absolute Gasteiger partial charge is 0.334 e. The van der Waals surface area contributed by atoms with Gasteiger partial charge in [0, 0.05) is 31.9 Å². The van der Waals surface area contributed by atoms with Gasteiger partial charge in [0.1, 0.15) is 0 Å². The molecule has 2 aliphatic rings. The van der Waals surface area contributed by atoms with Crippen molar-refractivity contribution in [2.45, 2.75) is 25.3 Å².